The van der Waals surface area contributed by atoms with Crippen molar-refractivity contribution in [2.75, 3.05) is 5.43 Å². The van der Waals surface area contributed by atoms with Gasteiger partial charge in [0.1, 0.15) is 0 Å². The van der Waals surface area contributed by atoms with Gasteiger partial charge in [0.25, 0.3) is 0 Å². The van der Waals surface area contributed by atoms with Gasteiger partial charge in [-0.05, 0) is 46.5 Å². The van der Waals surface area contributed by atoms with Gasteiger partial charge in [-0.15, -0.1) is 5.11 Å². The minimum atomic E-state index is 0.808. The van der Waals surface area contributed by atoms with Crippen LogP contribution in [0.25, 0.3) is 22.3 Å². The number of hydrogen-bond acceptors (Lipinski definition) is 2. The average Bonchev–Trinajstić information content (AvgIpc) is 2.75. The third kappa shape index (κ3) is 4.28. The lowest BCUT2D eigenvalue weighted by molar-refractivity contribution is 1.13. The highest BCUT2D eigenvalue weighted by Crippen LogP contribution is 2.25. The van der Waals surface area contributed by atoms with E-state index in [-0.39, 0.29) is 0 Å². The average molecular weight is 349 g/mol. The fourth-order valence-electron chi connectivity index (χ4n) is 2.92. The Kier molecular flexibility index (Phi) is 5.02. The van der Waals surface area contributed by atoms with Gasteiger partial charge in [-0.25, -0.2) is 0 Å². The molecule has 130 valence electrons. The standard InChI is InChI=1S/C24H19N3/c1-3-9-19(10-4-1)21-13-7-15-23(17-21)25-27-26-24-16-8-14-22(18-24)20-11-5-2-6-12-20/h1-18H,(H,25,26). The summed E-state index contributed by atoms with van der Waals surface area (Å²) in [4.78, 5) is 0. The molecule has 0 heterocycles. The van der Waals surface area contributed by atoms with Crippen molar-refractivity contribution in [1.82, 2.24) is 0 Å². The molecule has 0 saturated carbocycles. The summed E-state index contributed by atoms with van der Waals surface area (Å²) in [5, 5.41) is 8.46. The fraction of sp³-hybridized carbons (Fsp3) is 0. The molecule has 0 amide bonds. The molecule has 0 aliphatic heterocycles. The molecular weight excluding hydrogens is 330 g/mol. The van der Waals surface area contributed by atoms with E-state index < -0.39 is 0 Å². The predicted molar refractivity (Wildman–Crippen MR) is 112 cm³/mol. The number of nitrogens with zero attached hydrogens (tertiary/aromatic N) is 2. The molecule has 0 spiro atoms. The van der Waals surface area contributed by atoms with Crippen molar-refractivity contribution in [2.24, 2.45) is 10.3 Å². The Labute approximate surface area is 159 Å². The van der Waals surface area contributed by atoms with Crippen LogP contribution in [0.5, 0.6) is 0 Å². The van der Waals surface area contributed by atoms with E-state index in [4.69, 9.17) is 0 Å². The van der Waals surface area contributed by atoms with Gasteiger partial charge in [-0.1, -0.05) is 90.2 Å². The molecule has 0 bridgehead atoms. The summed E-state index contributed by atoms with van der Waals surface area (Å²) in [6.45, 7) is 0. The van der Waals surface area contributed by atoms with Crippen molar-refractivity contribution in [3.05, 3.63) is 109 Å². The third-order valence-electron chi connectivity index (χ3n) is 4.27. The Morgan fingerprint density at radius 1 is 0.481 bits per heavy atom. The molecule has 0 unspecified atom stereocenters. The summed E-state index contributed by atoms with van der Waals surface area (Å²) < 4.78 is 0. The molecule has 27 heavy (non-hydrogen) atoms. The summed E-state index contributed by atoms with van der Waals surface area (Å²) in [5.41, 5.74) is 9.33. The highest BCUT2D eigenvalue weighted by Gasteiger charge is 1.99. The smallest absolute Gasteiger partial charge is 0.0880 e. The second-order valence-electron chi connectivity index (χ2n) is 6.17. The zero-order valence-corrected chi connectivity index (χ0v) is 14.8. The second-order valence-corrected chi connectivity index (χ2v) is 6.17. The lowest BCUT2D eigenvalue weighted by Crippen LogP contribution is -1.87. The molecule has 3 nitrogen and oxygen atoms in total. The van der Waals surface area contributed by atoms with Crippen LogP contribution in [0.15, 0.2) is 120 Å². The van der Waals surface area contributed by atoms with Crippen molar-refractivity contribution in [2.45, 2.75) is 0 Å². The molecule has 0 saturated heterocycles. The maximum Gasteiger partial charge on any atom is 0.0880 e. The zero-order chi connectivity index (χ0) is 18.3. The third-order valence-corrected chi connectivity index (χ3v) is 4.27. The minimum absolute atomic E-state index is 0.808. The van der Waals surface area contributed by atoms with E-state index in [1.165, 1.54) is 5.56 Å². The molecule has 4 rings (SSSR count). The van der Waals surface area contributed by atoms with Crippen molar-refractivity contribution in [3.8, 4) is 22.3 Å². The number of nitrogens with one attached hydrogen (secondary N) is 1. The van der Waals surface area contributed by atoms with Crippen LogP contribution >= 0.6 is 0 Å². The lowest BCUT2D eigenvalue weighted by atomic mass is 10.1. The SMILES string of the molecule is c1ccc(-c2cccc(/N=N/Nc3cccc(-c4ccccc4)c3)c2)cc1. The Balaban J connectivity index is 1.49. The van der Waals surface area contributed by atoms with Gasteiger partial charge in [0.15, 0.2) is 0 Å². The first-order chi connectivity index (χ1) is 13.4. The molecule has 3 heteroatoms. The molecule has 0 fully saturated rings. The monoisotopic (exact) mass is 349 g/mol. The first-order valence-electron chi connectivity index (χ1n) is 8.86. The summed E-state index contributed by atoms with van der Waals surface area (Å²) in [6, 6.07) is 36.7. The van der Waals surface area contributed by atoms with Crippen LogP contribution in [-0.4, -0.2) is 0 Å². The number of benzene rings is 4. The molecule has 0 atom stereocenters. The Morgan fingerprint density at radius 2 is 1.04 bits per heavy atom. The van der Waals surface area contributed by atoms with Crippen LogP contribution in [0.1, 0.15) is 0 Å². The van der Waals surface area contributed by atoms with Crippen LogP contribution in [0.2, 0.25) is 0 Å². The molecule has 0 aromatic heterocycles. The molecule has 0 aliphatic rings. The van der Waals surface area contributed by atoms with Gasteiger partial charge in [-0.3, -0.25) is 5.43 Å². The van der Waals surface area contributed by atoms with Crippen molar-refractivity contribution < 1.29 is 0 Å². The molecule has 1 N–H and O–H groups in total. The minimum Gasteiger partial charge on any atom is -0.260 e. The second kappa shape index (κ2) is 8.11. The van der Waals surface area contributed by atoms with E-state index in [0.717, 1.165) is 28.1 Å². The van der Waals surface area contributed by atoms with E-state index >= 15 is 0 Å². The van der Waals surface area contributed by atoms with E-state index in [1.807, 2.05) is 66.7 Å². The van der Waals surface area contributed by atoms with Gasteiger partial charge in [-0.2, -0.15) is 0 Å². The predicted octanol–water partition coefficient (Wildman–Crippen LogP) is 7.13. The van der Waals surface area contributed by atoms with E-state index in [2.05, 4.69) is 58.2 Å². The topological polar surface area (TPSA) is 36.8 Å². The quantitative estimate of drug-likeness (QED) is 0.302. The molecule has 0 radical (unpaired) electrons. The van der Waals surface area contributed by atoms with E-state index in [1.54, 1.807) is 0 Å². The molecular formula is C24H19N3. The summed E-state index contributed by atoms with van der Waals surface area (Å²) in [5.74, 6) is 0. The largest absolute Gasteiger partial charge is 0.260 e. The summed E-state index contributed by atoms with van der Waals surface area (Å²) >= 11 is 0. The molecule has 0 aliphatic carbocycles. The van der Waals surface area contributed by atoms with Crippen LogP contribution in [0, 0.1) is 0 Å². The molecule has 4 aromatic rings. The first-order valence-corrected chi connectivity index (χ1v) is 8.86. The highest BCUT2D eigenvalue weighted by molar-refractivity contribution is 5.68. The maximum atomic E-state index is 4.30. The van der Waals surface area contributed by atoms with Crippen molar-refractivity contribution >= 4 is 11.4 Å². The van der Waals surface area contributed by atoms with Gasteiger partial charge in [0.05, 0.1) is 11.4 Å². The van der Waals surface area contributed by atoms with Gasteiger partial charge in [0, 0.05) is 0 Å². The number of rotatable bonds is 5. The van der Waals surface area contributed by atoms with Gasteiger partial charge in [0.2, 0.25) is 0 Å². The lowest BCUT2D eigenvalue weighted by Gasteiger charge is -2.05. The van der Waals surface area contributed by atoms with E-state index in [9.17, 15) is 0 Å². The number of hydrogen-bond donors (Lipinski definition) is 1. The molecule has 4 aromatic carbocycles. The maximum absolute atomic E-state index is 4.30. The number of anilines is 1. The van der Waals surface area contributed by atoms with E-state index in [0.29, 0.717) is 0 Å². The van der Waals surface area contributed by atoms with Crippen molar-refractivity contribution in [1.29, 1.82) is 0 Å². The van der Waals surface area contributed by atoms with Crippen LogP contribution in [0.3, 0.4) is 0 Å². The fourth-order valence-corrected chi connectivity index (χ4v) is 2.92. The Morgan fingerprint density at radius 3 is 1.70 bits per heavy atom. The first kappa shape index (κ1) is 16.7. The van der Waals surface area contributed by atoms with Crippen molar-refractivity contribution in [3.63, 3.8) is 0 Å². The van der Waals surface area contributed by atoms with Gasteiger partial charge >= 0.3 is 0 Å². The van der Waals surface area contributed by atoms with Crippen LogP contribution in [-0.2, 0) is 0 Å². The summed E-state index contributed by atoms with van der Waals surface area (Å²) in [7, 11) is 0. The zero-order valence-electron chi connectivity index (χ0n) is 14.8. The van der Waals surface area contributed by atoms with Crippen LogP contribution < -0.4 is 5.43 Å². The normalized spacial score (nSPS) is 10.8. The Bertz CT molecular complexity index is 1040. The highest BCUT2D eigenvalue weighted by atomic mass is 15.4. The van der Waals surface area contributed by atoms with Crippen LogP contribution in [0.4, 0.5) is 11.4 Å². The summed E-state index contributed by atoms with van der Waals surface area (Å²) in [6.07, 6.45) is 0. The van der Waals surface area contributed by atoms with Gasteiger partial charge < -0.3 is 0 Å². The Hall–Kier alpha value is -3.72.